The molecule has 0 aliphatic carbocycles. The zero-order valence-electron chi connectivity index (χ0n) is 11.8. The first-order valence-electron chi connectivity index (χ1n) is 6.45. The Bertz CT molecular complexity index is 694. The van der Waals surface area contributed by atoms with Crippen LogP contribution < -0.4 is 4.74 Å². The third-order valence-electron chi connectivity index (χ3n) is 3.23. The minimum absolute atomic E-state index is 0.0638. The van der Waals surface area contributed by atoms with Crippen LogP contribution in [0.4, 0.5) is 5.69 Å². The molecule has 0 amide bonds. The van der Waals surface area contributed by atoms with E-state index in [2.05, 4.69) is 0 Å². The van der Waals surface area contributed by atoms with Gasteiger partial charge >= 0.3 is 0 Å². The van der Waals surface area contributed by atoms with E-state index in [1.54, 1.807) is 12.1 Å². The zero-order valence-corrected chi connectivity index (χ0v) is 11.8. The van der Waals surface area contributed by atoms with Crippen molar-refractivity contribution in [2.24, 2.45) is 0 Å². The molecule has 0 N–H and O–H groups in total. The molecule has 0 aliphatic heterocycles. The molecule has 0 heterocycles. The first-order valence-corrected chi connectivity index (χ1v) is 6.45. The minimum atomic E-state index is -0.502. The van der Waals surface area contributed by atoms with Gasteiger partial charge in [0.2, 0.25) is 0 Å². The van der Waals surface area contributed by atoms with Crippen LogP contribution in [0, 0.1) is 24.0 Å². The summed E-state index contributed by atoms with van der Waals surface area (Å²) in [5.41, 5.74) is 2.66. The zero-order chi connectivity index (χ0) is 15.4. The monoisotopic (exact) mass is 285 g/mol. The smallest absolute Gasteiger partial charge is 0.273 e. The molecule has 108 valence electrons. The van der Waals surface area contributed by atoms with Crippen molar-refractivity contribution >= 4 is 11.5 Å². The van der Waals surface area contributed by atoms with Gasteiger partial charge in [0.1, 0.15) is 5.75 Å². The molecule has 5 nitrogen and oxygen atoms in total. The van der Waals surface area contributed by atoms with Crippen molar-refractivity contribution < 1.29 is 14.5 Å². The van der Waals surface area contributed by atoms with Crippen molar-refractivity contribution in [3.8, 4) is 5.75 Å². The van der Waals surface area contributed by atoms with Crippen molar-refractivity contribution in [1.82, 2.24) is 0 Å². The molecule has 0 bridgehead atoms. The molecule has 5 heteroatoms. The first kappa shape index (κ1) is 14.7. The number of carbonyl (C=O) groups is 1. The Balaban J connectivity index is 2.05. The molecule has 0 spiro atoms. The average Bonchev–Trinajstić information content (AvgIpc) is 2.48. The highest BCUT2D eigenvalue weighted by atomic mass is 16.6. The van der Waals surface area contributed by atoms with E-state index >= 15 is 0 Å². The fourth-order valence-corrected chi connectivity index (χ4v) is 1.83. The molecule has 0 saturated carbocycles. The van der Waals surface area contributed by atoms with Crippen LogP contribution in [0.1, 0.15) is 21.5 Å². The van der Waals surface area contributed by atoms with Crippen molar-refractivity contribution in [1.29, 1.82) is 0 Å². The number of ketones is 1. The number of nitro benzene ring substituents is 1. The average molecular weight is 285 g/mol. The van der Waals surface area contributed by atoms with Gasteiger partial charge in [0.25, 0.3) is 5.69 Å². The van der Waals surface area contributed by atoms with Crippen LogP contribution in [-0.4, -0.2) is 17.3 Å². The van der Waals surface area contributed by atoms with Crippen molar-refractivity contribution in [2.75, 3.05) is 6.61 Å². The number of nitrogens with zero attached hydrogens (tertiary/aromatic N) is 1. The number of hydrogen-bond acceptors (Lipinski definition) is 4. The largest absolute Gasteiger partial charge is 0.485 e. The topological polar surface area (TPSA) is 69.4 Å². The Morgan fingerprint density at radius 3 is 2.57 bits per heavy atom. The van der Waals surface area contributed by atoms with Gasteiger partial charge in [-0.2, -0.15) is 0 Å². The number of non-ortho nitro benzene ring substituents is 1. The summed E-state index contributed by atoms with van der Waals surface area (Å²) in [5, 5.41) is 10.7. The van der Waals surface area contributed by atoms with Crippen LogP contribution in [0.15, 0.2) is 42.5 Å². The second-order valence-electron chi connectivity index (χ2n) is 4.77. The van der Waals surface area contributed by atoms with E-state index in [0.29, 0.717) is 11.3 Å². The Kier molecular flexibility index (Phi) is 4.33. The molecule has 0 aromatic heterocycles. The molecular weight excluding hydrogens is 270 g/mol. The van der Waals surface area contributed by atoms with E-state index in [0.717, 1.165) is 11.1 Å². The number of aryl methyl sites for hydroxylation is 2. The molecule has 0 fully saturated rings. The predicted molar refractivity (Wildman–Crippen MR) is 78.8 cm³/mol. The number of hydrogen-bond donors (Lipinski definition) is 0. The Morgan fingerprint density at radius 1 is 1.14 bits per heavy atom. The summed E-state index contributed by atoms with van der Waals surface area (Å²) < 4.78 is 5.33. The van der Waals surface area contributed by atoms with Gasteiger partial charge < -0.3 is 4.74 Å². The van der Waals surface area contributed by atoms with Gasteiger partial charge in [-0.05, 0) is 37.1 Å². The summed E-state index contributed by atoms with van der Waals surface area (Å²) in [6.45, 7) is 3.76. The maximum Gasteiger partial charge on any atom is 0.273 e. The molecule has 2 aromatic rings. The number of carbonyl (C=O) groups excluding carboxylic acids is 1. The van der Waals surface area contributed by atoms with Crippen LogP contribution in [0.3, 0.4) is 0 Å². The Labute approximate surface area is 122 Å². The lowest BCUT2D eigenvalue weighted by Crippen LogP contribution is -2.12. The highest BCUT2D eigenvalue weighted by Crippen LogP contribution is 2.19. The summed E-state index contributed by atoms with van der Waals surface area (Å²) in [4.78, 5) is 22.2. The van der Waals surface area contributed by atoms with E-state index in [1.807, 2.05) is 26.0 Å². The molecule has 0 aliphatic rings. The SMILES string of the molecule is Cc1ccc(C(=O)COc2cccc([N+](=O)[O-])c2)cc1C. The fourth-order valence-electron chi connectivity index (χ4n) is 1.83. The molecule has 2 aromatic carbocycles. The summed E-state index contributed by atoms with van der Waals surface area (Å²) in [6, 6.07) is 11.2. The molecule has 0 unspecified atom stereocenters. The quantitative estimate of drug-likeness (QED) is 0.479. The van der Waals surface area contributed by atoms with Crippen LogP contribution in [0.2, 0.25) is 0 Å². The van der Waals surface area contributed by atoms with Gasteiger partial charge in [0.15, 0.2) is 12.4 Å². The van der Waals surface area contributed by atoms with Crippen molar-refractivity contribution in [3.05, 3.63) is 69.3 Å². The molecule has 0 atom stereocenters. The van der Waals surface area contributed by atoms with Crippen LogP contribution in [0.25, 0.3) is 0 Å². The predicted octanol–water partition coefficient (Wildman–Crippen LogP) is 3.47. The molecule has 2 rings (SSSR count). The fraction of sp³-hybridized carbons (Fsp3) is 0.188. The van der Waals surface area contributed by atoms with Gasteiger partial charge in [-0.1, -0.05) is 18.2 Å². The number of rotatable bonds is 5. The second kappa shape index (κ2) is 6.17. The van der Waals surface area contributed by atoms with Gasteiger partial charge in [0.05, 0.1) is 11.0 Å². The Hall–Kier alpha value is -2.69. The van der Waals surface area contributed by atoms with Crippen LogP contribution in [-0.2, 0) is 0 Å². The first-order chi connectivity index (χ1) is 9.97. The van der Waals surface area contributed by atoms with E-state index in [9.17, 15) is 14.9 Å². The number of Topliss-reactive ketones (excluding diaryl/α,β-unsaturated/α-hetero) is 1. The number of benzene rings is 2. The van der Waals surface area contributed by atoms with Crippen LogP contribution >= 0.6 is 0 Å². The highest BCUT2D eigenvalue weighted by Gasteiger charge is 2.10. The van der Waals surface area contributed by atoms with E-state index in [1.165, 1.54) is 18.2 Å². The third kappa shape index (κ3) is 3.66. The standard InChI is InChI=1S/C16H15NO4/c1-11-6-7-13(8-12(11)2)16(18)10-21-15-5-3-4-14(9-15)17(19)20/h3-9H,10H2,1-2H3. The minimum Gasteiger partial charge on any atom is -0.485 e. The number of ether oxygens (including phenoxy) is 1. The van der Waals surface area contributed by atoms with Gasteiger partial charge in [-0.3, -0.25) is 14.9 Å². The van der Waals surface area contributed by atoms with Crippen molar-refractivity contribution in [2.45, 2.75) is 13.8 Å². The van der Waals surface area contributed by atoms with E-state index in [-0.39, 0.29) is 18.1 Å². The van der Waals surface area contributed by atoms with E-state index in [4.69, 9.17) is 4.74 Å². The maximum atomic E-state index is 12.0. The molecule has 0 radical (unpaired) electrons. The Morgan fingerprint density at radius 2 is 1.90 bits per heavy atom. The summed E-state index contributed by atoms with van der Waals surface area (Å²) in [5.74, 6) is 0.144. The summed E-state index contributed by atoms with van der Waals surface area (Å²) in [6.07, 6.45) is 0. The lowest BCUT2D eigenvalue weighted by Gasteiger charge is -2.07. The highest BCUT2D eigenvalue weighted by molar-refractivity contribution is 5.97. The lowest BCUT2D eigenvalue weighted by molar-refractivity contribution is -0.384. The lowest BCUT2D eigenvalue weighted by atomic mass is 10.0. The maximum absolute atomic E-state index is 12.0. The third-order valence-corrected chi connectivity index (χ3v) is 3.23. The van der Waals surface area contributed by atoms with Crippen molar-refractivity contribution in [3.63, 3.8) is 0 Å². The summed E-state index contributed by atoms with van der Waals surface area (Å²) >= 11 is 0. The molecular formula is C16H15NO4. The normalized spacial score (nSPS) is 10.2. The van der Waals surface area contributed by atoms with E-state index < -0.39 is 4.92 Å². The second-order valence-corrected chi connectivity index (χ2v) is 4.77. The molecule has 0 saturated heterocycles. The van der Waals surface area contributed by atoms with Gasteiger partial charge in [-0.15, -0.1) is 0 Å². The summed E-state index contributed by atoms with van der Waals surface area (Å²) in [7, 11) is 0. The number of nitro groups is 1. The molecule has 21 heavy (non-hydrogen) atoms. The van der Waals surface area contributed by atoms with Gasteiger partial charge in [0, 0.05) is 11.6 Å². The van der Waals surface area contributed by atoms with Crippen LogP contribution in [0.5, 0.6) is 5.75 Å². The van der Waals surface area contributed by atoms with Gasteiger partial charge in [-0.25, -0.2) is 0 Å².